The summed E-state index contributed by atoms with van der Waals surface area (Å²) in [5.74, 6) is 0. The number of nitrogens with two attached hydrogens (primary N) is 1. The maximum Gasteiger partial charge on any atom is 0.302 e. The fraction of sp³-hybridized carbons (Fsp3) is 1.00. The number of aliphatic hydroxyl groups is 3. The molecule has 0 aromatic rings. The standard InChI is InChI=1S/C7H17NO6S/c1-5(14-15(12)13)6(8)7(2-9,3-10)4-11/h5-6,9-11H,2-4,8H2,1H3,(H,12,13). The van der Waals surface area contributed by atoms with Crippen LogP contribution in [0.15, 0.2) is 0 Å². The van der Waals surface area contributed by atoms with Crippen molar-refractivity contribution in [3.05, 3.63) is 0 Å². The third-order valence-electron chi connectivity index (χ3n) is 2.39. The zero-order chi connectivity index (χ0) is 12.1. The molecule has 3 atom stereocenters. The Bertz CT molecular complexity index is 201. The lowest BCUT2D eigenvalue weighted by atomic mass is 9.80. The Kier molecular flexibility index (Phi) is 6.44. The molecule has 0 bridgehead atoms. The molecule has 7 nitrogen and oxygen atoms in total. The van der Waals surface area contributed by atoms with E-state index in [0.29, 0.717) is 0 Å². The predicted molar refractivity (Wildman–Crippen MR) is 53.0 cm³/mol. The van der Waals surface area contributed by atoms with E-state index < -0.39 is 48.7 Å². The summed E-state index contributed by atoms with van der Waals surface area (Å²) in [6.45, 7) is -0.235. The van der Waals surface area contributed by atoms with Crippen LogP contribution in [0.2, 0.25) is 0 Å². The third-order valence-corrected chi connectivity index (χ3v) is 2.86. The van der Waals surface area contributed by atoms with Gasteiger partial charge in [0.25, 0.3) is 0 Å². The van der Waals surface area contributed by atoms with Crippen LogP contribution in [-0.2, 0) is 15.5 Å². The predicted octanol–water partition coefficient (Wildman–Crippen LogP) is -2.18. The Labute approximate surface area is 90.4 Å². The SMILES string of the molecule is CC(OS(=O)O)C(N)C(CO)(CO)CO. The Morgan fingerprint density at radius 2 is 1.73 bits per heavy atom. The van der Waals surface area contributed by atoms with E-state index in [9.17, 15) is 4.21 Å². The summed E-state index contributed by atoms with van der Waals surface area (Å²) in [7, 11) is 0. The van der Waals surface area contributed by atoms with Crippen LogP contribution >= 0.6 is 0 Å². The number of aliphatic hydroxyl groups excluding tert-OH is 3. The van der Waals surface area contributed by atoms with E-state index in [2.05, 4.69) is 4.18 Å². The molecule has 0 heterocycles. The molecule has 92 valence electrons. The van der Waals surface area contributed by atoms with Gasteiger partial charge >= 0.3 is 11.4 Å². The molecule has 0 saturated carbocycles. The lowest BCUT2D eigenvalue weighted by Gasteiger charge is -2.36. The van der Waals surface area contributed by atoms with Crippen LogP contribution in [-0.4, -0.2) is 56.0 Å². The van der Waals surface area contributed by atoms with Crippen molar-refractivity contribution in [3.8, 4) is 0 Å². The molecule has 0 spiro atoms. The average Bonchev–Trinajstić information content (AvgIpc) is 2.20. The minimum absolute atomic E-state index is 0.549. The second-order valence-corrected chi connectivity index (χ2v) is 4.01. The Balaban J connectivity index is 4.61. The molecule has 0 rings (SSSR count). The molecule has 15 heavy (non-hydrogen) atoms. The third kappa shape index (κ3) is 3.76. The Morgan fingerprint density at radius 3 is 2.00 bits per heavy atom. The van der Waals surface area contributed by atoms with Crippen molar-refractivity contribution in [2.45, 2.75) is 19.1 Å². The summed E-state index contributed by atoms with van der Waals surface area (Å²) in [5.41, 5.74) is 4.29. The van der Waals surface area contributed by atoms with Crippen LogP contribution in [0.5, 0.6) is 0 Å². The summed E-state index contributed by atoms with van der Waals surface area (Å²) < 4.78 is 23.3. The maximum atomic E-state index is 10.4. The number of hydrogen-bond donors (Lipinski definition) is 5. The van der Waals surface area contributed by atoms with Crippen molar-refractivity contribution < 1.29 is 28.3 Å². The normalized spacial score (nSPS) is 18.5. The lowest BCUT2D eigenvalue weighted by molar-refractivity contribution is -0.0377. The molecule has 0 aliphatic heterocycles. The number of rotatable bonds is 7. The zero-order valence-electron chi connectivity index (χ0n) is 8.37. The first-order valence-electron chi connectivity index (χ1n) is 4.29. The highest BCUT2D eigenvalue weighted by molar-refractivity contribution is 7.74. The zero-order valence-corrected chi connectivity index (χ0v) is 9.18. The van der Waals surface area contributed by atoms with Gasteiger partial charge in [-0.1, -0.05) is 0 Å². The van der Waals surface area contributed by atoms with Crippen molar-refractivity contribution in [2.75, 3.05) is 19.8 Å². The Morgan fingerprint density at radius 1 is 1.33 bits per heavy atom. The minimum atomic E-state index is -2.48. The molecule has 0 aliphatic rings. The van der Waals surface area contributed by atoms with Crippen molar-refractivity contribution in [1.29, 1.82) is 0 Å². The molecule has 0 radical (unpaired) electrons. The molecule has 6 N–H and O–H groups in total. The van der Waals surface area contributed by atoms with Gasteiger partial charge in [0.05, 0.1) is 31.3 Å². The van der Waals surface area contributed by atoms with E-state index in [0.717, 1.165) is 0 Å². The van der Waals surface area contributed by atoms with E-state index in [4.69, 9.17) is 25.6 Å². The highest BCUT2D eigenvalue weighted by Gasteiger charge is 2.39. The second kappa shape index (κ2) is 6.48. The molecule has 0 aromatic carbocycles. The fourth-order valence-electron chi connectivity index (χ4n) is 1.15. The van der Waals surface area contributed by atoms with Gasteiger partial charge in [0.15, 0.2) is 0 Å². The van der Waals surface area contributed by atoms with Crippen LogP contribution in [0.25, 0.3) is 0 Å². The monoisotopic (exact) mass is 243 g/mol. The smallest absolute Gasteiger partial charge is 0.302 e. The van der Waals surface area contributed by atoms with Gasteiger partial charge < -0.3 is 21.1 Å². The van der Waals surface area contributed by atoms with Crippen LogP contribution in [0, 0.1) is 5.41 Å². The first-order chi connectivity index (χ1) is 6.93. The summed E-state index contributed by atoms with van der Waals surface area (Å²) in [5, 5.41) is 27.1. The van der Waals surface area contributed by atoms with E-state index in [1.54, 1.807) is 0 Å². The van der Waals surface area contributed by atoms with Gasteiger partial charge in [-0.15, -0.1) is 0 Å². The average molecular weight is 243 g/mol. The summed E-state index contributed by atoms with van der Waals surface area (Å²) in [6.07, 6.45) is -0.887. The Hall–Kier alpha value is -0.0900. The van der Waals surface area contributed by atoms with Gasteiger partial charge in [-0.3, -0.25) is 8.74 Å². The minimum Gasteiger partial charge on any atom is -0.396 e. The summed E-state index contributed by atoms with van der Waals surface area (Å²) in [6, 6.07) is -0.964. The second-order valence-electron chi connectivity index (χ2n) is 3.38. The molecule has 0 saturated heterocycles. The van der Waals surface area contributed by atoms with E-state index in [1.807, 2.05) is 0 Å². The van der Waals surface area contributed by atoms with Crippen LogP contribution < -0.4 is 5.73 Å². The van der Waals surface area contributed by atoms with Crippen LogP contribution in [0.4, 0.5) is 0 Å². The van der Waals surface area contributed by atoms with E-state index >= 15 is 0 Å². The lowest BCUT2D eigenvalue weighted by Crippen LogP contribution is -2.55. The van der Waals surface area contributed by atoms with Crippen molar-refractivity contribution in [2.24, 2.45) is 11.1 Å². The quantitative estimate of drug-likeness (QED) is 0.321. The molecule has 0 aromatic heterocycles. The molecule has 0 aliphatic carbocycles. The van der Waals surface area contributed by atoms with Gasteiger partial charge in [-0.25, -0.2) is 0 Å². The highest BCUT2D eigenvalue weighted by atomic mass is 32.2. The van der Waals surface area contributed by atoms with Crippen LogP contribution in [0.3, 0.4) is 0 Å². The molecular formula is C7H17NO6S. The molecule has 0 fully saturated rings. The number of hydrogen-bond acceptors (Lipinski definition) is 6. The summed E-state index contributed by atoms with van der Waals surface area (Å²) >= 11 is -2.48. The van der Waals surface area contributed by atoms with Gasteiger partial charge in [0, 0.05) is 6.04 Å². The first-order valence-corrected chi connectivity index (χ1v) is 5.33. The van der Waals surface area contributed by atoms with Gasteiger partial charge in [0.1, 0.15) is 0 Å². The van der Waals surface area contributed by atoms with E-state index in [1.165, 1.54) is 6.92 Å². The molecule has 8 heteroatoms. The first kappa shape index (κ1) is 14.9. The largest absolute Gasteiger partial charge is 0.396 e. The van der Waals surface area contributed by atoms with Crippen molar-refractivity contribution in [3.63, 3.8) is 0 Å². The fourth-order valence-corrected chi connectivity index (χ4v) is 1.53. The molecular weight excluding hydrogens is 226 g/mol. The topological polar surface area (TPSA) is 133 Å². The van der Waals surface area contributed by atoms with Gasteiger partial charge in [-0.05, 0) is 6.92 Å². The maximum absolute atomic E-state index is 10.4. The van der Waals surface area contributed by atoms with Crippen molar-refractivity contribution >= 4 is 11.4 Å². The van der Waals surface area contributed by atoms with Gasteiger partial charge in [0.2, 0.25) is 0 Å². The summed E-state index contributed by atoms with van der Waals surface area (Å²) in [4.78, 5) is 0. The van der Waals surface area contributed by atoms with Gasteiger partial charge in [-0.2, -0.15) is 4.21 Å². The molecule has 0 amide bonds. The molecule has 3 unspecified atom stereocenters. The highest BCUT2D eigenvalue weighted by Crippen LogP contribution is 2.22. The van der Waals surface area contributed by atoms with E-state index in [-0.39, 0.29) is 0 Å². The van der Waals surface area contributed by atoms with Crippen molar-refractivity contribution in [1.82, 2.24) is 0 Å². The van der Waals surface area contributed by atoms with Crippen LogP contribution in [0.1, 0.15) is 6.92 Å².